The van der Waals surface area contributed by atoms with Crippen LogP contribution < -0.4 is 18.9 Å². The van der Waals surface area contributed by atoms with Gasteiger partial charge in [-0.05, 0) is 0 Å². The Hall–Kier alpha value is 0.387. The Balaban J connectivity index is 0. The van der Waals surface area contributed by atoms with Crippen LogP contribution in [0.5, 0.6) is 0 Å². The maximum atomic E-state index is 11.0. The van der Waals surface area contributed by atoms with Crippen molar-refractivity contribution < 1.29 is 32.0 Å². The summed E-state index contributed by atoms with van der Waals surface area (Å²) < 4.78 is 33.0. The largest absolute Gasteiger partial charge is 1.00 e. The fraction of sp³-hybridized carbons (Fsp3) is 0.750. The Morgan fingerprint density at radius 2 is 1.75 bits per heavy atom. The Morgan fingerprint density at radius 3 is 1.75 bits per heavy atom. The molecule has 0 aromatic carbocycles. The zero-order valence-electron chi connectivity index (χ0n) is 4.92. The van der Waals surface area contributed by atoms with Crippen LogP contribution in [0.15, 0.2) is 0 Å². The van der Waals surface area contributed by atoms with Crippen molar-refractivity contribution in [2.75, 3.05) is 0 Å². The maximum Gasteiger partial charge on any atom is 1.00 e. The van der Waals surface area contributed by atoms with Gasteiger partial charge in [-0.1, -0.05) is 6.92 Å². The molecule has 44 valence electrons. The van der Waals surface area contributed by atoms with E-state index in [1.54, 1.807) is 0 Å². The van der Waals surface area contributed by atoms with E-state index in [2.05, 4.69) is 0 Å². The van der Waals surface area contributed by atoms with Crippen molar-refractivity contribution in [2.45, 2.75) is 19.5 Å². The van der Waals surface area contributed by atoms with Gasteiger partial charge in [0.2, 0.25) is 0 Å². The van der Waals surface area contributed by atoms with Gasteiger partial charge < -0.3 is 0 Å². The van der Waals surface area contributed by atoms with Gasteiger partial charge in [0.1, 0.15) is 0 Å². The molecule has 0 amide bonds. The molecule has 0 radical (unpaired) electrons. The molecule has 0 bridgehead atoms. The van der Waals surface area contributed by atoms with E-state index in [0.717, 1.165) is 0 Å². The summed E-state index contributed by atoms with van der Waals surface area (Å²) >= 11 is 0. The standard InChI is InChI=1S/C4H6F3.Li/c1-2-3-4(5,6)7;/h3H,2H2,1H3;/q-1;+1. The molecule has 0 saturated heterocycles. The Labute approximate surface area is 58.6 Å². The quantitative estimate of drug-likeness (QED) is 0.311. The SMILES string of the molecule is CC[CH-]C(F)(F)F.[Li+]. The van der Waals surface area contributed by atoms with Crippen molar-refractivity contribution >= 4 is 0 Å². The van der Waals surface area contributed by atoms with Crippen LogP contribution in [0.1, 0.15) is 13.3 Å². The van der Waals surface area contributed by atoms with E-state index >= 15 is 0 Å². The van der Waals surface area contributed by atoms with Gasteiger partial charge in [0.25, 0.3) is 6.18 Å². The van der Waals surface area contributed by atoms with Crippen molar-refractivity contribution in [3.8, 4) is 0 Å². The summed E-state index contributed by atoms with van der Waals surface area (Å²) in [5.74, 6) is 0. The first-order valence-electron chi connectivity index (χ1n) is 1.97. The van der Waals surface area contributed by atoms with E-state index in [1.807, 2.05) is 0 Å². The number of alkyl halides is 3. The first kappa shape index (κ1) is 11.2. The van der Waals surface area contributed by atoms with Crippen LogP contribution >= 0.6 is 0 Å². The van der Waals surface area contributed by atoms with Gasteiger partial charge in [-0.25, -0.2) is 19.6 Å². The summed E-state index contributed by atoms with van der Waals surface area (Å²) in [6, 6.07) is 0. The van der Waals surface area contributed by atoms with Crippen LogP contribution in [0.25, 0.3) is 0 Å². The van der Waals surface area contributed by atoms with E-state index in [9.17, 15) is 13.2 Å². The molecule has 0 fully saturated rings. The minimum absolute atomic E-state index is 0. The minimum Gasteiger partial charge on any atom is -0.227 e. The fourth-order valence-electron chi connectivity index (χ4n) is 0.231. The molecular formula is C4H6F3Li. The monoisotopic (exact) mass is 118 g/mol. The molecule has 0 rings (SSSR count). The van der Waals surface area contributed by atoms with Crippen LogP contribution in [-0.4, -0.2) is 6.18 Å². The smallest absolute Gasteiger partial charge is 0.227 e. The fourth-order valence-corrected chi connectivity index (χ4v) is 0.231. The average Bonchev–Trinajstić information content (AvgIpc) is 1.30. The molecule has 0 saturated carbocycles. The van der Waals surface area contributed by atoms with Crippen LogP contribution in [0.3, 0.4) is 0 Å². The topological polar surface area (TPSA) is 0 Å². The summed E-state index contributed by atoms with van der Waals surface area (Å²) in [5.41, 5.74) is 0. The maximum absolute atomic E-state index is 11.0. The first-order chi connectivity index (χ1) is 3.06. The summed E-state index contributed by atoms with van der Waals surface area (Å²) in [6.07, 6.45) is -3.70. The Morgan fingerprint density at radius 1 is 1.38 bits per heavy atom. The van der Waals surface area contributed by atoms with Gasteiger partial charge in [0, 0.05) is 0 Å². The van der Waals surface area contributed by atoms with Crippen molar-refractivity contribution in [3.63, 3.8) is 0 Å². The molecule has 0 aromatic rings. The molecule has 0 aromatic heterocycles. The molecule has 0 N–H and O–H groups in total. The molecule has 0 heterocycles. The van der Waals surface area contributed by atoms with Crippen LogP contribution in [-0.2, 0) is 0 Å². The van der Waals surface area contributed by atoms with Crippen molar-refractivity contribution in [1.29, 1.82) is 0 Å². The van der Waals surface area contributed by atoms with Crippen LogP contribution in [0, 0.1) is 6.42 Å². The molecular weight excluding hydrogens is 112 g/mol. The molecule has 0 nitrogen and oxygen atoms in total. The van der Waals surface area contributed by atoms with Gasteiger partial charge >= 0.3 is 18.9 Å². The van der Waals surface area contributed by atoms with E-state index in [-0.39, 0.29) is 25.3 Å². The predicted molar refractivity (Wildman–Crippen MR) is 20.6 cm³/mol. The molecule has 0 aliphatic heterocycles. The normalized spacial score (nSPS) is 10.5. The molecule has 0 aliphatic rings. The van der Waals surface area contributed by atoms with Gasteiger partial charge in [0.05, 0.1) is 0 Å². The molecule has 4 heteroatoms. The number of rotatable bonds is 1. The zero-order valence-corrected chi connectivity index (χ0v) is 4.92. The zero-order chi connectivity index (χ0) is 5.91. The summed E-state index contributed by atoms with van der Waals surface area (Å²) in [5, 5.41) is 0. The second-order valence-electron chi connectivity index (χ2n) is 1.15. The second-order valence-corrected chi connectivity index (χ2v) is 1.15. The van der Waals surface area contributed by atoms with E-state index in [4.69, 9.17) is 0 Å². The third kappa shape index (κ3) is 9.63. The van der Waals surface area contributed by atoms with Crippen molar-refractivity contribution in [1.82, 2.24) is 0 Å². The van der Waals surface area contributed by atoms with E-state index < -0.39 is 6.18 Å². The molecule has 0 spiro atoms. The molecule has 8 heavy (non-hydrogen) atoms. The van der Waals surface area contributed by atoms with E-state index in [0.29, 0.717) is 6.42 Å². The third-order valence-electron chi connectivity index (χ3n) is 0.436. The first-order valence-corrected chi connectivity index (χ1v) is 1.97. The Kier molecular flexibility index (Phi) is 6.01. The number of halogens is 3. The van der Waals surface area contributed by atoms with E-state index in [1.165, 1.54) is 6.92 Å². The van der Waals surface area contributed by atoms with Gasteiger partial charge in [-0.15, -0.1) is 0 Å². The molecule has 0 aliphatic carbocycles. The summed E-state index contributed by atoms with van der Waals surface area (Å²) in [4.78, 5) is 0. The van der Waals surface area contributed by atoms with Crippen molar-refractivity contribution in [3.05, 3.63) is 6.42 Å². The molecule has 0 unspecified atom stereocenters. The van der Waals surface area contributed by atoms with Gasteiger partial charge in [-0.3, -0.25) is 0 Å². The minimum atomic E-state index is -4.07. The Bertz CT molecular complexity index is 49.7. The van der Waals surface area contributed by atoms with Gasteiger partial charge in [0.15, 0.2) is 0 Å². The third-order valence-corrected chi connectivity index (χ3v) is 0.436. The van der Waals surface area contributed by atoms with Crippen LogP contribution in [0.2, 0.25) is 0 Å². The average molecular weight is 118 g/mol. The second kappa shape index (κ2) is 4.28. The molecule has 0 atom stereocenters. The van der Waals surface area contributed by atoms with Crippen molar-refractivity contribution in [2.24, 2.45) is 0 Å². The number of hydrogen-bond donors (Lipinski definition) is 0. The summed E-state index contributed by atoms with van der Waals surface area (Å²) in [7, 11) is 0. The number of hydrogen-bond acceptors (Lipinski definition) is 0. The summed E-state index contributed by atoms with van der Waals surface area (Å²) in [6.45, 7) is 1.45. The van der Waals surface area contributed by atoms with Crippen LogP contribution in [0.4, 0.5) is 13.2 Å². The van der Waals surface area contributed by atoms with Gasteiger partial charge in [-0.2, -0.15) is 6.42 Å². The predicted octanol–water partition coefficient (Wildman–Crippen LogP) is -0.833.